The fraction of sp³-hybridized carbons (Fsp3) is 0.294. The molecule has 3 heterocycles. The second kappa shape index (κ2) is 15.4. The Bertz CT molecular complexity index is 3550. The van der Waals surface area contributed by atoms with Crippen molar-refractivity contribution in [1.82, 2.24) is 0 Å². The van der Waals surface area contributed by atoms with Crippen LogP contribution in [0.1, 0.15) is 128 Å². The van der Waals surface area contributed by atoms with E-state index in [1.165, 1.54) is 137 Å². The van der Waals surface area contributed by atoms with E-state index in [0.717, 1.165) is 6.42 Å². The van der Waals surface area contributed by atoms with Gasteiger partial charge in [-0.3, -0.25) is 0 Å². The molecule has 4 heteroatoms. The molecule has 358 valence electrons. The van der Waals surface area contributed by atoms with Gasteiger partial charge in [-0.25, -0.2) is 0 Å². The van der Waals surface area contributed by atoms with Crippen molar-refractivity contribution in [3.8, 4) is 22.3 Å². The molecule has 3 nitrogen and oxygen atoms in total. The Kier molecular flexibility index (Phi) is 9.63. The molecule has 8 aromatic rings. The first kappa shape index (κ1) is 45.1. The van der Waals surface area contributed by atoms with E-state index in [0.29, 0.717) is 0 Å². The maximum atomic E-state index is 2.77. The minimum absolute atomic E-state index is 0.00734. The maximum absolute atomic E-state index is 2.77. The molecule has 3 aliphatic heterocycles. The molecule has 2 atom stereocenters. The van der Waals surface area contributed by atoms with Gasteiger partial charge in [0.25, 0.3) is 6.71 Å². The van der Waals surface area contributed by atoms with Crippen LogP contribution >= 0.6 is 0 Å². The number of benzene rings is 8. The summed E-state index contributed by atoms with van der Waals surface area (Å²) < 4.78 is 0. The molecule has 0 N–H and O–H groups in total. The Hall–Kier alpha value is -6.78. The molecule has 0 spiro atoms. The van der Waals surface area contributed by atoms with Crippen LogP contribution in [0.2, 0.25) is 0 Å². The van der Waals surface area contributed by atoms with Crippen molar-refractivity contribution < 1.29 is 0 Å². The average molecular weight is 938 g/mol. The topological polar surface area (TPSA) is 9.72 Å². The van der Waals surface area contributed by atoms with Gasteiger partial charge >= 0.3 is 0 Å². The van der Waals surface area contributed by atoms with Gasteiger partial charge in [0.2, 0.25) is 0 Å². The largest absolute Gasteiger partial charge is 0.334 e. The maximum Gasteiger partial charge on any atom is 0.252 e. The van der Waals surface area contributed by atoms with Gasteiger partial charge in [-0.15, -0.1) is 0 Å². The smallest absolute Gasteiger partial charge is 0.252 e. The Labute approximate surface area is 429 Å². The molecule has 2 aliphatic carbocycles. The van der Waals surface area contributed by atoms with Crippen molar-refractivity contribution in [2.75, 3.05) is 14.7 Å². The number of anilines is 8. The molecule has 1 fully saturated rings. The summed E-state index contributed by atoms with van der Waals surface area (Å²) in [5, 5.41) is 0. The van der Waals surface area contributed by atoms with Gasteiger partial charge in [0.1, 0.15) is 0 Å². The van der Waals surface area contributed by atoms with E-state index in [4.69, 9.17) is 0 Å². The molecule has 72 heavy (non-hydrogen) atoms. The van der Waals surface area contributed by atoms with Crippen molar-refractivity contribution in [3.05, 3.63) is 197 Å². The summed E-state index contributed by atoms with van der Waals surface area (Å²) in [6, 6.07) is 64.0. The van der Waals surface area contributed by atoms with E-state index in [1.54, 1.807) is 0 Å². The van der Waals surface area contributed by atoms with Gasteiger partial charge in [0.05, 0.1) is 16.9 Å². The monoisotopic (exact) mass is 938 g/mol. The highest BCUT2D eigenvalue weighted by Gasteiger charge is 2.58. The number of hydrogen-bond acceptors (Lipinski definition) is 3. The zero-order valence-electron chi connectivity index (χ0n) is 44.3. The lowest BCUT2D eigenvalue weighted by Crippen LogP contribution is -2.61. The third kappa shape index (κ3) is 6.23. The van der Waals surface area contributed by atoms with E-state index in [9.17, 15) is 0 Å². The third-order valence-corrected chi connectivity index (χ3v) is 18.4. The lowest BCUT2D eigenvalue weighted by molar-refractivity contribution is 0.195. The highest BCUT2D eigenvalue weighted by molar-refractivity contribution is 7.00. The number of fused-ring (bicyclic) bond motifs is 10. The fourth-order valence-electron chi connectivity index (χ4n) is 14.3. The predicted octanol–water partition coefficient (Wildman–Crippen LogP) is 16.4. The van der Waals surface area contributed by atoms with Crippen LogP contribution in [0.4, 0.5) is 45.5 Å². The van der Waals surface area contributed by atoms with Crippen molar-refractivity contribution in [2.24, 2.45) is 0 Å². The normalized spacial score (nSPS) is 20.0. The molecule has 0 radical (unpaired) electrons. The second-order valence-corrected chi connectivity index (χ2v) is 25.0. The molecule has 0 aromatic heterocycles. The van der Waals surface area contributed by atoms with E-state index in [-0.39, 0.29) is 33.9 Å². The fourth-order valence-corrected chi connectivity index (χ4v) is 14.3. The zero-order valence-corrected chi connectivity index (χ0v) is 44.3. The number of rotatable bonds is 4. The van der Waals surface area contributed by atoms with Crippen LogP contribution in [0.5, 0.6) is 0 Å². The Morgan fingerprint density at radius 1 is 0.458 bits per heavy atom. The molecular weight excluding hydrogens is 870 g/mol. The summed E-state index contributed by atoms with van der Waals surface area (Å²) in [6.07, 6.45) is 4.87. The summed E-state index contributed by atoms with van der Waals surface area (Å²) in [5.74, 6) is 0. The van der Waals surface area contributed by atoms with Gasteiger partial charge in [0, 0.05) is 56.1 Å². The summed E-state index contributed by atoms with van der Waals surface area (Å²) in [4.78, 5) is 8.12. The zero-order chi connectivity index (χ0) is 49.9. The van der Waals surface area contributed by atoms with Crippen molar-refractivity contribution in [2.45, 2.75) is 129 Å². The predicted molar refractivity (Wildman–Crippen MR) is 308 cm³/mol. The number of nitrogens with zero attached hydrogens (tertiary/aromatic N) is 3. The molecule has 0 saturated heterocycles. The molecular formula is C68H68BN3. The van der Waals surface area contributed by atoms with Gasteiger partial charge in [-0.2, -0.15) is 0 Å². The van der Waals surface area contributed by atoms with Crippen LogP contribution < -0.4 is 31.1 Å². The highest BCUT2D eigenvalue weighted by atomic mass is 15.3. The van der Waals surface area contributed by atoms with Crippen LogP contribution in [0, 0.1) is 6.92 Å². The van der Waals surface area contributed by atoms with Gasteiger partial charge in [-0.05, 0) is 153 Å². The quantitative estimate of drug-likeness (QED) is 0.163. The molecule has 1 saturated carbocycles. The Balaban J connectivity index is 1.13. The van der Waals surface area contributed by atoms with E-state index in [2.05, 4.69) is 255 Å². The Morgan fingerprint density at radius 2 is 1.04 bits per heavy atom. The average Bonchev–Trinajstić information content (AvgIpc) is 3.73. The lowest BCUT2D eigenvalue weighted by Gasteiger charge is -2.50. The third-order valence-electron chi connectivity index (χ3n) is 18.4. The molecule has 0 amide bonds. The van der Waals surface area contributed by atoms with Gasteiger partial charge in [0.15, 0.2) is 0 Å². The summed E-state index contributed by atoms with van der Waals surface area (Å²) in [7, 11) is 0. The van der Waals surface area contributed by atoms with E-state index >= 15 is 0 Å². The van der Waals surface area contributed by atoms with Crippen molar-refractivity contribution in [1.29, 1.82) is 0 Å². The van der Waals surface area contributed by atoms with Crippen LogP contribution in [0.25, 0.3) is 22.3 Å². The molecule has 0 bridgehead atoms. The first-order valence-corrected chi connectivity index (χ1v) is 26.8. The molecule has 5 aliphatic rings. The number of para-hydroxylation sites is 1. The first-order valence-electron chi connectivity index (χ1n) is 26.8. The highest BCUT2D eigenvalue weighted by Crippen LogP contribution is 2.62. The van der Waals surface area contributed by atoms with E-state index in [1.807, 2.05) is 0 Å². The van der Waals surface area contributed by atoms with Crippen LogP contribution in [0.3, 0.4) is 0 Å². The van der Waals surface area contributed by atoms with Crippen LogP contribution in [-0.2, 0) is 21.7 Å². The summed E-state index contributed by atoms with van der Waals surface area (Å²) >= 11 is 0. The number of aryl methyl sites for hydroxylation is 1. The minimum atomic E-state index is -0.149. The Morgan fingerprint density at radius 3 is 1.78 bits per heavy atom. The van der Waals surface area contributed by atoms with Gasteiger partial charge in [-0.1, -0.05) is 184 Å². The first-order chi connectivity index (χ1) is 34.4. The van der Waals surface area contributed by atoms with E-state index < -0.39 is 0 Å². The molecule has 2 unspecified atom stereocenters. The minimum Gasteiger partial charge on any atom is -0.334 e. The van der Waals surface area contributed by atoms with Gasteiger partial charge < -0.3 is 14.7 Å². The van der Waals surface area contributed by atoms with Crippen LogP contribution in [0.15, 0.2) is 164 Å². The molecule has 8 aromatic carbocycles. The lowest BCUT2D eigenvalue weighted by atomic mass is 9.33. The standard InChI is InChI=1S/C68H68BN3/c1-43-38-60-63-61(39-43)71(57-29-21-27-52-62(57)48-24-15-16-25-50(48)66(52,8)9)59-42-47(72-56-28-18-17-26-51(56)67(10)36-19-20-37-68(67,72)11)32-34-54(59)69(63)53-33-30-46(65(5,6)7)41-58(53)70(60)55-35-31-45(64(2,3)4)40-49(55)44-22-13-12-14-23-44/h12-18,21-35,38-42H,19-20,36-37H2,1-11H3. The number of hydrogen-bond donors (Lipinski definition) is 0. The SMILES string of the molecule is Cc1cc2c3c(c1)N(c1cccc4c1-c1ccccc1C4(C)C)c1cc(N4c5ccccc5C5(C)CCCCC45C)ccc1B3c1ccc(C(C)(C)C)cc1N2c1ccc(C(C)(C)C)cc1-c1ccccc1. The van der Waals surface area contributed by atoms with Crippen molar-refractivity contribution >= 4 is 68.6 Å². The second-order valence-electron chi connectivity index (χ2n) is 25.0. The van der Waals surface area contributed by atoms with Crippen molar-refractivity contribution in [3.63, 3.8) is 0 Å². The van der Waals surface area contributed by atoms with Crippen LogP contribution in [-0.4, -0.2) is 12.3 Å². The summed E-state index contributed by atoms with van der Waals surface area (Å²) in [5.41, 5.74) is 27.2. The summed E-state index contributed by atoms with van der Waals surface area (Å²) in [6.45, 7) is 26.3. The molecule has 13 rings (SSSR count).